The number of nitrogens with one attached hydrogen (secondary N) is 1. The van der Waals surface area contributed by atoms with Crippen LogP contribution in [0.1, 0.15) is 33.7 Å². The minimum atomic E-state index is -0.0742. The molecular formula is C20H30N4O2S. The van der Waals surface area contributed by atoms with E-state index in [-0.39, 0.29) is 11.4 Å². The Labute approximate surface area is 165 Å². The van der Waals surface area contributed by atoms with Crippen LogP contribution in [0.3, 0.4) is 0 Å². The van der Waals surface area contributed by atoms with Gasteiger partial charge in [0.05, 0.1) is 30.0 Å². The molecular weight excluding hydrogens is 360 g/mol. The zero-order valence-electron chi connectivity index (χ0n) is 16.7. The summed E-state index contributed by atoms with van der Waals surface area (Å²) in [5, 5.41) is 3.99. The third-order valence-corrected chi connectivity index (χ3v) is 5.95. The number of fused-ring (bicyclic) bond motifs is 1. The highest BCUT2D eigenvalue weighted by atomic mass is 32.2. The molecule has 0 saturated carbocycles. The normalized spacial score (nSPS) is 16.2. The average Bonchev–Trinajstić information content (AvgIpc) is 3.04. The zero-order chi connectivity index (χ0) is 19.4. The van der Waals surface area contributed by atoms with Crippen LogP contribution in [0.15, 0.2) is 29.4 Å². The second-order valence-corrected chi connectivity index (χ2v) is 8.77. The highest BCUT2D eigenvalue weighted by molar-refractivity contribution is 7.99. The number of imidazole rings is 1. The number of para-hydroxylation sites is 2. The topological polar surface area (TPSA) is 59.4 Å². The molecule has 27 heavy (non-hydrogen) atoms. The van der Waals surface area contributed by atoms with Gasteiger partial charge in [-0.05, 0) is 39.8 Å². The number of rotatable bonds is 7. The number of thioether (sulfide) groups is 1. The fourth-order valence-electron chi connectivity index (χ4n) is 3.40. The number of ether oxygens (including phenoxy) is 1. The summed E-state index contributed by atoms with van der Waals surface area (Å²) < 4.78 is 7.62. The monoisotopic (exact) mass is 390 g/mol. The largest absolute Gasteiger partial charge is 0.379 e. The van der Waals surface area contributed by atoms with Gasteiger partial charge in [-0.25, -0.2) is 4.98 Å². The summed E-state index contributed by atoms with van der Waals surface area (Å²) in [6.07, 6.45) is 0. The van der Waals surface area contributed by atoms with Gasteiger partial charge < -0.3 is 14.6 Å². The molecule has 0 atom stereocenters. The molecule has 0 radical (unpaired) electrons. The van der Waals surface area contributed by atoms with E-state index in [1.54, 1.807) is 0 Å². The van der Waals surface area contributed by atoms with Crippen LogP contribution in [0.5, 0.6) is 0 Å². The van der Waals surface area contributed by atoms with E-state index in [1.807, 2.05) is 18.2 Å². The molecule has 0 unspecified atom stereocenters. The maximum Gasteiger partial charge on any atom is 0.230 e. The van der Waals surface area contributed by atoms with E-state index in [1.165, 1.54) is 11.8 Å². The molecule has 1 aromatic carbocycles. The van der Waals surface area contributed by atoms with Gasteiger partial charge in [-0.15, -0.1) is 0 Å². The first-order valence-electron chi connectivity index (χ1n) is 9.58. The summed E-state index contributed by atoms with van der Waals surface area (Å²) in [6, 6.07) is 8.41. The minimum absolute atomic E-state index is 0.0451. The molecule has 3 rings (SSSR count). The predicted molar refractivity (Wildman–Crippen MR) is 110 cm³/mol. The van der Waals surface area contributed by atoms with E-state index in [9.17, 15) is 4.79 Å². The number of benzene rings is 1. The van der Waals surface area contributed by atoms with Gasteiger partial charge in [0.2, 0.25) is 5.91 Å². The maximum absolute atomic E-state index is 12.4. The zero-order valence-corrected chi connectivity index (χ0v) is 17.5. The van der Waals surface area contributed by atoms with E-state index in [0.29, 0.717) is 18.3 Å². The van der Waals surface area contributed by atoms with Crippen molar-refractivity contribution in [1.82, 2.24) is 19.8 Å². The molecule has 1 fully saturated rings. The quantitative estimate of drug-likeness (QED) is 0.737. The average molecular weight is 391 g/mol. The lowest BCUT2D eigenvalue weighted by Gasteiger charge is -2.40. The molecule has 1 saturated heterocycles. The Morgan fingerprint density at radius 3 is 2.70 bits per heavy atom. The Balaban J connectivity index is 1.58. The van der Waals surface area contributed by atoms with Crippen LogP contribution in [0.25, 0.3) is 11.0 Å². The molecule has 0 aliphatic carbocycles. The Kier molecular flexibility index (Phi) is 6.44. The molecule has 0 bridgehead atoms. The second kappa shape index (κ2) is 8.63. The van der Waals surface area contributed by atoms with Crippen molar-refractivity contribution in [3.05, 3.63) is 24.3 Å². The summed E-state index contributed by atoms with van der Waals surface area (Å²) in [6.45, 7) is 12.6. The first-order valence-corrected chi connectivity index (χ1v) is 10.6. The Morgan fingerprint density at radius 1 is 1.30 bits per heavy atom. The summed E-state index contributed by atoms with van der Waals surface area (Å²) in [5.41, 5.74) is 2.02. The lowest BCUT2D eigenvalue weighted by atomic mass is 10.0. The molecule has 1 aliphatic heterocycles. The second-order valence-electron chi connectivity index (χ2n) is 7.82. The molecule has 7 heteroatoms. The van der Waals surface area contributed by atoms with Crippen molar-refractivity contribution in [3.8, 4) is 0 Å². The number of nitrogens with zero attached hydrogens (tertiary/aromatic N) is 3. The summed E-state index contributed by atoms with van der Waals surface area (Å²) in [4.78, 5) is 19.5. The molecule has 1 aliphatic rings. The van der Waals surface area contributed by atoms with Crippen molar-refractivity contribution in [1.29, 1.82) is 0 Å². The van der Waals surface area contributed by atoms with Crippen LogP contribution in [-0.2, 0) is 9.53 Å². The third kappa shape index (κ3) is 4.83. The first-order chi connectivity index (χ1) is 12.9. The van der Waals surface area contributed by atoms with Crippen LogP contribution in [0.2, 0.25) is 0 Å². The minimum Gasteiger partial charge on any atom is -0.379 e. The number of aromatic nitrogens is 2. The van der Waals surface area contributed by atoms with Crippen molar-refractivity contribution < 1.29 is 9.53 Å². The Morgan fingerprint density at radius 2 is 2.00 bits per heavy atom. The molecule has 148 valence electrons. The summed E-state index contributed by atoms with van der Waals surface area (Å²) >= 11 is 1.50. The smallest absolute Gasteiger partial charge is 0.230 e. The van der Waals surface area contributed by atoms with Crippen LogP contribution in [0.4, 0.5) is 0 Å². The van der Waals surface area contributed by atoms with Gasteiger partial charge >= 0.3 is 0 Å². The lowest BCUT2D eigenvalue weighted by molar-refractivity contribution is -0.119. The van der Waals surface area contributed by atoms with Crippen molar-refractivity contribution >= 4 is 28.7 Å². The SMILES string of the molecule is CC(C)n1c(SCC(=O)NCC(C)(C)N2CCOCC2)nc2ccccc21. The Bertz CT molecular complexity index is 781. The van der Waals surface area contributed by atoms with Gasteiger partial charge in [-0.1, -0.05) is 23.9 Å². The number of hydrogen-bond acceptors (Lipinski definition) is 5. The van der Waals surface area contributed by atoms with Crippen molar-refractivity contribution in [2.75, 3.05) is 38.6 Å². The molecule has 1 amide bonds. The number of carbonyl (C=O) groups is 1. The third-order valence-electron chi connectivity index (χ3n) is 5.00. The molecule has 6 nitrogen and oxygen atoms in total. The lowest BCUT2D eigenvalue weighted by Crippen LogP contribution is -2.55. The van der Waals surface area contributed by atoms with Gasteiger partial charge in [0.1, 0.15) is 0 Å². The molecule has 2 aromatic rings. The van der Waals surface area contributed by atoms with E-state index in [4.69, 9.17) is 9.72 Å². The van der Waals surface area contributed by atoms with Crippen molar-refractivity contribution in [2.24, 2.45) is 0 Å². The van der Waals surface area contributed by atoms with Gasteiger partial charge in [-0.3, -0.25) is 9.69 Å². The van der Waals surface area contributed by atoms with E-state index in [2.05, 4.69) is 48.5 Å². The van der Waals surface area contributed by atoms with Crippen LogP contribution >= 0.6 is 11.8 Å². The number of carbonyl (C=O) groups excluding carboxylic acids is 1. The first kappa shape index (κ1) is 20.2. The molecule has 0 spiro atoms. The maximum atomic E-state index is 12.4. The van der Waals surface area contributed by atoms with E-state index >= 15 is 0 Å². The van der Waals surface area contributed by atoms with E-state index in [0.717, 1.165) is 42.5 Å². The van der Waals surface area contributed by atoms with Gasteiger partial charge in [0.25, 0.3) is 0 Å². The van der Waals surface area contributed by atoms with Crippen LogP contribution < -0.4 is 5.32 Å². The van der Waals surface area contributed by atoms with Crippen LogP contribution in [-0.4, -0.2) is 64.5 Å². The number of morpholine rings is 1. The van der Waals surface area contributed by atoms with Crippen molar-refractivity contribution in [3.63, 3.8) is 0 Å². The number of amides is 1. The molecule has 2 heterocycles. The Hall–Kier alpha value is -1.57. The van der Waals surface area contributed by atoms with Crippen molar-refractivity contribution in [2.45, 2.75) is 44.4 Å². The summed E-state index contributed by atoms with van der Waals surface area (Å²) in [5.74, 6) is 0.415. The molecule has 1 N–H and O–H groups in total. The highest BCUT2D eigenvalue weighted by Gasteiger charge is 2.28. The predicted octanol–water partition coefficient (Wildman–Crippen LogP) is 2.94. The fraction of sp³-hybridized carbons (Fsp3) is 0.600. The van der Waals surface area contributed by atoms with Gasteiger partial charge in [0, 0.05) is 31.2 Å². The molecule has 1 aromatic heterocycles. The van der Waals surface area contributed by atoms with E-state index < -0.39 is 0 Å². The van der Waals surface area contributed by atoms with Gasteiger partial charge in [-0.2, -0.15) is 0 Å². The number of hydrogen-bond donors (Lipinski definition) is 1. The van der Waals surface area contributed by atoms with Crippen LogP contribution in [0, 0.1) is 0 Å². The standard InChI is InChI=1S/C20H30N4O2S/c1-15(2)24-17-8-6-5-7-16(17)22-19(24)27-13-18(25)21-14-20(3,4)23-9-11-26-12-10-23/h5-8,15H,9-14H2,1-4H3,(H,21,25). The highest BCUT2D eigenvalue weighted by Crippen LogP contribution is 2.27. The van der Waals surface area contributed by atoms with Gasteiger partial charge in [0.15, 0.2) is 5.16 Å². The summed E-state index contributed by atoms with van der Waals surface area (Å²) in [7, 11) is 0. The fourth-order valence-corrected chi connectivity index (χ4v) is 4.37.